The Labute approximate surface area is 99.3 Å². The van der Waals surface area contributed by atoms with E-state index in [-0.39, 0.29) is 0 Å². The molecule has 3 rings (SSSR count). The molecule has 2 aromatic heterocycles. The zero-order valence-electron chi connectivity index (χ0n) is 9.66. The lowest BCUT2D eigenvalue weighted by Gasteiger charge is -2.12. The van der Waals surface area contributed by atoms with E-state index in [0.29, 0.717) is 0 Å². The van der Waals surface area contributed by atoms with E-state index in [1.54, 1.807) is 11.3 Å². The van der Waals surface area contributed by atoms with E-state index in [4.69, 9.17) is 0 Å². The molecule has 0 bridgehead atoms. The summed E-state index contributed by atoms with van der Waals surface area (Å²) in [5, 5.41) is 2.69. The van der Waals surface area contributed by atoms with E-state index in [1.807, 2.05) is 5.51 Å². The molecule has 16 heavy (non-hydrogen) atoms. The van der Waals surface area contributed by atoms with Crippen molar-refractivity contribution in [1.82, 2.24) is 9.97 Å². The molecule has 0 aliphatic heterocycles. The lowest BCUT2D eigenvalue weighted by atomic mass is 10.2. The van der Waals surface area contributed by atoms with Crippen LogP contribution in [-0.4, -0.2) is 18.0 Å². The molecule has 0 aliphatic rings. The van der Waals surface area contributed by atoms with Crippen LogP contribution in [0.1, 0.15) is 0 Å². The molecular weight excluding hydrogens is 232 g/mol. The molecule has 0 radical (unpaired) electrons. The highest BCUT2D eigenvalue weighted by atomic mass is 32.1. The van der Waals surface area contributed by atoms with Gasteiger partial charge in [0.1, 0.15) is 5.52 Å². The third kappa shape index (κ3) is 1.41. The quantitative estimate of drug-likeness (QED) is 0.656. The minimum absolute atomic E-state index is 1.12. The zero-order valence-corrected chi connectivity index (χ0v) is 11.5. The van der Waals surface area contributed by atoms with Gasteiger partial charge in [-0.15, -0.1) is 11.3 Å². The van der Waals surface area contributed by atoms with Crippen LogP contribution < -0.4 is 5.32 Å². The van der Waals surface area contributed by atoms with Gasteiger partial charge < -0.3 is 4.98 Å². The van der Waals surface area contributed by atoms with Crippen LogP contribution in [0.4, 0.5) is 0 Å². The van der Waals surface area contributed by atoms with Gasteiger partial charge in [-0.25, -0.2) is 4.98 Å². The number of nitrogens with one attached hydrogen (secondary N) is 1. The van der Waals surface area contributed by atoms with Crippen LogP contribution in [0.2, 0.25) is 19.6 Å². The number of benzene rings is 1. The highest BCUT2D eigenvalue weighted by molar-refractivity contribution is 7.16. The van der Waals surface area contributed by atoms with Gasteiger partial charge in [0.15, 0.2) is 0 Å². The molecule has 0 unspecified atom stereocenters. The van der Waals surface area contributed by atoms with Crippen LogP contribution >= 0.6 is 11.3 Å². The summed E-state index contributed by atoms with van der Waals surface area (Å²) < 4.78 is 1.26. The molecular formula is C12H14N2SSi. The third-order valence-corrected chi connectivity index (χ3v) is 5.58. The van der Waals surface area contributed by atoms with Crippen LogP contribution in [0.5, 0.6) is 0 Å². The SMILES string of the molecule is C[Si](C)(C)c1cc2ccc3scnc3c2[nH]1. The third-order valence-electron chi connectivity index (χ3n) is 2.90. The van der Waals surface area contributed by atoms with Gasteiger partial charge in [0.2, 0.25) is 0 Å². The molecule has 2 nitrogen and oxygen atoms in total. The maximum absolute atomic E-state index is 4.44. The summed E-state index contributed by atoms with van der Waals surface area (Å²) in [5.41, 5.74) is 4.24. The first-order valence-electron chi connectivity index (χ1n) is 5.41. The standard InChI is InChI=1S/C12H14N2SSi/c1-16(2,3)10-6-8-4-5-9-12(11(8)14-10)13-7-15-9/h4-7,14H,1-3H3. The Morgan fingerprint density at radius 2 is 2.06 bits per heavy atom. The fourth-order valence-corrected chi connectivity index (χ4v) is 3.70. The first-order chi connectivity index (χ1) is 7.55. The molecule has 0 fully saturated rings. The second-order valence-corrected chi connectivity index (χ2v) is 11.1. The van der Waals surface area contributed by atoms with Crippen molar-refractivity contribution in [2.45, 2.75) is 19.6 Å². The van der Waals surface area contributed by atoms with Crippen molar-refractivity contribution in [2.24, 2.45) is 0 Å². The molecule has 0 atom stereocenters. The summed E-state index contributed by atoms with van der Waals surface area (Å²) in [5.74, 6) is 0. The van der Waals surface area contributed by atoms with E-state index >= 15 is 0 Å². The Hall–Kier alpha value is -1.13. The Bertz CT molecular complexity index is 660. The Morgan fingerprint density at radius 3 is 2.81 bits per heavy atom. The van der Waals surface area contributed by atoms with E-state index in [1.165, 1.54) is 20.9 Å². The molecule has 0 saturated heterocycles. The van der Waals surface area contributed by atoms with Crippen LogP contribution in [-0.2, 0) is 0 Å². The summed E-state index contributed by atoms with van der Waals surface area (Å²) >= 11 is 1.70. The molecule has 82 valence electrons. The van der Waals surface area contributed by atoms with Crippen LogP contribution in [0.25, 0.3) is 21.1 Å². The largest absolute Gasteiger partial charge is 0.360 e. The minimum Gasteiger partial charge on any atom is -0.360 e. The van der Waals surface area contributed by atoms with E-state index in [2.05, 4.69) is 47.8 Å². The van der Waals surface area contributed by atoms with Gasteiger partial charge in [-0.2, -0.15) is 0 Å². The number of fused-ring (bicyclic) bond motifs is 3. The van der Waals surface area contributed by atoms with Crippen molar-refractivity contribution in [1.29, 1.82) is 0 Å². The Kier molecular flexibility index (Phi) is 2.00. The molecule has 3 aromatic rings. The minimum atomic E-state index is -1.26. The summed E-state index contributed by atoms with van der Waals surface area (Å²) in [6.07, 6.45) is 0. The Balaban J connectivity index is 2.39. The van der Waals surface area contributed by atoms with E-state index in [9.17, 15) is 0 Å². The molecule has 0 saturated carbocycles. The van der Waals surface area contributed by atoms with E-state index < -0.39 is 8.07 Å². The van der Waals surface area contributed by atoms with Crippen molar-refractivity contribution < 1.29 is 0 Å². The number of aromatic amines is 1. The van der Waals surface area contributed by atoms with Crippen molar-refractivity contribution >= 4 is 45.8 Å². The molecule has 2 heterocycles. The Morgan fingerprint density at radius 1 is 1.25 bits per heavy atom. The number of thiazole rings is 1. The van der Waals surface area contributed by atoms with Crippen LogP contribution in [0.3, 0.4) is 0 Å². The van der Waals surface area contributed by atoms with Gasteiger partial charge in [0.25, 0.3) is 0 Å². The highest BCUT2D eigenvalue weighted by Crippen LogP contribution is 2.25. The summed E-state index contributed by atoms with van der Waals surface area (Å²) in [6, 6.07) is 6.65. The van der Waals surface area contributed by atoms with Crippen LogP contribution in [0.15, 0.2) is 23.7 Å². The van der Waals surface area contributed by atoms with Crippen molar-refractivity contribution in [3.8, 4) is 0 Å². The number of nitrogens with zero attached hydrogens (tertiary/aromatic N) is 1. The fourth-order valence-electron chi connectivity index (χ4n) is 1.93. The normalized spacial score (nSPS) is 12.7. The van der Waals surface area contributed by atoms with Crippen molar-refractivity contribution in [2.75, 3.05) is 0 Å². The zero-order chi connectivity index (χ0) is 11.3. The topological polar surface area (TPSA) is 28.7 Å². The lowest BCUT2D eigenvalue weighted by molar-refractivity contribution is 1.47. The maximum Gasteiger partial charge on any atom is 0.105 e. The monoisotopic (exact) mass is 246 g/mol. The van der Waals surface area contributed by atoms with E-state index in [0.717, 1.165) is 5.52 Å². The first-order valence-corrected chi connectivity index (χ1v) is 9.79. The number of aromatic nitrogens is 2. The second kappa shape index (κ2) is 3.18. The number of H-pyrrole nitrogens is 1. The summed E-state index contributed by atoms with van der Waals surface area (Å²) in [4.78, 5) is 8.02. The van der Waals surface area contributed by atoms with Crippen molar-refractivity contribution in [3.05, 3.63) is 23.7 Å². The van der Waals surface area contributed by atoms with Gasteiger partial charge in [-0.1, -0.05) is 25.7 Å². The first kappa shape index (κ1) is 10.0. The van der Waals surface area contributed by atoms with Gasteiger partial charge in [0, 0.05) is 5.39 Å². The molecule has 0 spiro atoms. The second-order valence-electron chi connectivity index (χ2n) is 5.16. The predicted octanol–water partition coefficient (Wildman–Crippen LogP) is 3.32. The molecule has 0 amide bonds. The average Bonchev–Trinajstić information content (AvgIpc) is 2.81. The number of rotatable bonds is 1. The van der Waals surface area contributed by atoms with Gasteiger partial charge in [-0.3, -0.25) is 0 Å². The van der Waals surface area contributed by atoms with Crippen LogP contribution in [0, 0.1) is 0 Å². The number of hydrogen-bond acceptors (Lipinski definition) is 2. The molecule has 4 heteroatoms. The number of hydrogen-bond donors (Lipinski definition) is 1. The summed E-state index contributed by atoms with van der Waals surface area (Å²) in [6.45, 7) is 7.07. The van der Waals surface area contributed by atoms with Gasteiger partial charge in [-0.05, 0) is 17.4 Å². The highest BCUT2D eigenvalue weighted by Gasteiger charge is 2.19. The molecule has 0 aliphatic carbocycles. The summed E-state index contributed by atoms with van der Waals surface area (Å²) in [7, 11) is -1.26. The van der Waals surface area contributed by atoms with Gasteiger partial charge in [0.05, 0.1) is 23.8 Å². The molecule has 1 N–H and O–H groups in total. The fraction of sp³-hybridized carbons (Fsp3) is 0.250. The lowest BCUT2D eigenvalue weighted by Crippen LogP contribution is -2.38. The maximum atomic E-state index is 4.44. The molecule has 1 aromatic carbocycles. The predicted molar refractivity (Wildman–Crippen MR) is 74.5 cm³/mol. The van der Waals surface area contributed by atoms with Crippen molar-refractivity contribution in [3.63, 3.8) is 0 Å². The van der Waals surface area contributed by atoms with Gasteiger partial charge >= 0.3 is 0 Å². The average molecular weight is 246 g/mol. The smallest absolute Gasteiger partial charge is 0.105 e.